The number of methoxy groups -OCH3 is 1. The van der Waals surface area contributed by atoms with Crippen molar-refractivity contribution in [2.45, 2.75) is 18.9 Å². The molecule has 0 radical (unpaired) electrons. The predicted molar refractivity (Wildman–Crippen MR) is 65.6 cm³/mol. The summed E-state index contributed by atoms with van der Waals surface area (Å²) in [5.41, 5.74) is 7.18. The normalized spacial score (nSPS) is 18.6. The van der Waals surface area contributed by atoms with E-state index in [1.807, 2.05) is 12.1 Å². The van der Waals surface area contributed by atoms with Gasteiger partial charge in [0.25, 0.3) is 0 Å². The Balaban J connectivity index is 2.12. The molecule has 16 heavy (non-hydrogen) atoms. The van der Waals surface area contributed by atoms with Crippen molar-refractivity contribution in [3.05, 3.63) is 29.8 Å². The fourth-order valence-electron chi connectivity index (χ4n) is 2.38. The predicted octanol–water partition coefficient (Wildman–Crippen LogP) is 1.79. The number of benzene rings is 1. The van der Waals surface area contributed by atoms with Crippen molar-refractivity contribution in [3.63, 3.8) is 0 Å². The van der Waals surface area contributed by atoms with Gasteiger partial charge in [0.05, 0.1) is 7.11 Å². The van der Waals surface area contributed by atoms with Crippen molar-refractivity contribution in [1.29, 1.82) is 0 Å². The topological polar surface area (TPSA) is 38.5 Å². The van der Waals surface area contributed by atoms with Crippen LogP contribution in [-0.4, -0.2) is 31.6 Å². The van der Waals surface area contributed by atoms with Gasteiger partial charge in [0.15, 0.2) is 0 Å². The Morgan fingerprint density at radius 3 is 2.38 bits per heavy atom. The van der Waals surface area contributed by atoms with E-state index in [-0.39, 0.29) is 0 Å². The van der Waals surface area contributed by atoms with Gasteiger partial charge >= 0.3 is 0 Å². The third-order valence-electron chi connectivity index (χ3n) is 3.31. The van der Waals surface area contributed by atoms with Crippen LogP contribution in [0.2, 0.25) is 0 Å². The summed E-state index contributed by atoms with van der Waals surface area (Å²) < 4.78 is 5.16. The molecule has 0 amide bonds. The lowest BCUT2D eigenvalue weighted by atomic mass is 10.1. The molecule has 1 unspecified atom stereocenters. The van der Waals surface area contributed by atoms with Crippen LogP contribution in [0, 0.1) is 0 Å². The molecule has 0 aliphatic carbocycles. The first-order valence-electron chi connectivity index (χ1n) is 5.93. The SMILES string of the molecule is COc1ccc(C(CN)N2CCCC2)cc1. The molecule has 1 aromatic rings. The van der Waals surface area contributed by atoms with E-state index in [1.54, 1.807) is 7.11 Å². The number of ether oxygens (including phenoxy) is 1. The van der Waals surface area contributed by atoms with E-state index in [9.17, 15) is 0 Å². The molecule has 0 spiro atoms. The lowest BCUT2D eigenvalue weighted by Gasteiger charge is -2.26. The van der Waals surface area contributed by atoms with Gasteiger partial charge in [-0.1, -0.05) is 12.1 Å². The van der Waals surface area contributed by atoms with E-state index < -0.39 is 0 Å². The van der Waals surface area contributed by atoms with E-state index in [0.29, 0.717) is 12.6 Å². The Labute approximate surface area is 97.2 Å². The molecule has 1 atom stereocenters. The second-order valence-electron chi connectivity index (χ2n) is 4.27. The summed E-state index contributed by atoms with van der Waals surface area (Å²) >= 11 is 0. The number of nitrogens with zero attached hydrogens (tertiary/aromatic N) is 1. The van der Waals surface area contributed by atoms with Crippen molar-refractivity contribution in [1.82, 2.24) is 4.90 Å². The van der Waals surface area contributed by atoms with Gasteiger partial charge in [-0.25, -0.2) is 0 Å². The van der Waals surface area contributed by atoms with E-state index >= 15 is 0 Å². The zero-order valence-corrected chi connectivity index (χ0v) is 9.86. The van der Waals surface area contributed by atoms with Gasteiger partial charge in [0, 0.05) is 12.6 Å². The lowest BCUT2D eigenvalue weighted by Crippen LogP contribution is -2.31. The standard InChI is InChI=1S/C13H20N2O/c1-16-12-6-4-11(5-7-12)13(10-14)15-8-2-3-9-15/h4-7,13H,2-3,8-10,14H2,1H3. The highest BCUT2D eigenvalue weighted by molar-refractivity contribution is 5.29. The summed E-state index contributed by atoms with van der Waals surface area (Å²) in [6.07, 6.45) is 2.60. The van der Waals surface area contributed by atoms with Crippen LogP contribution in [0.5, 0.6) is 5.75 Å². The van der Waals surface area contributed by atoms with E-state index in [1.165, 1.54) is 31.5 Å². The Bertz CT molecular complexity index is 317. The molecule has 1 heterocycles. The minimum absolute atomic E-state index is 0.369. The van der Waals surface area contributed by atoms with E-state index in [4.69, 9.17) is 10.5 Å². The summed E-state index contributed by atoms with van der Waals surface area (Å²) in [6.45, 7) is 3.04. The van der Waals surface area contributed by atoms with Crippen LogP contribution in [-0.2, 0) is 0 Å². The van der Waals surface area contributed by atoms with Crippen molar-refractivity contribution >= 4 is 0 Å². The molecule has 2 rings (SSSR count). The number of hydrogen-bond donors (Lipinski definition) is 1. The van der Waals surface area contributed by atoms with Crippen molar-refractivity contribution in [3.8, 4) is 5.75 Å². The Kier molecular flexibility index (Phi) is 3.80. The third kappa shape index (κ3) is 2.36. The summed E-state index contributed by atoms with van der Waals surface area (Å²) in [6, 6.07) is 8.62. The van der Waals surface area contributed by atoms with Crippen LogP contribution >= 0.6 is 0 Å². The van der Waals surface area contributed by atoms with Crippen LogP contribution < -0.4 is 10.5 Å². The van der Waals surface area contributed by atoms with Crippen molar-refractivity contribution in [2.75, 3.05) is 26.7 Å². The molecule has 3 nitrogen and oxygen atoms in total. The van der Waals surface area contributed by atoms with Crippen LogP contribution in [0.1, 0.15) is 24.4 Å². The van der Waals surface area contributed by atoms with Crippen LogP contribution in [0.3, 0.4) is 0 Å². The molecule has 1 aromatic carbocycles. The molecule has 88 valence electrons. The smallest absolute Gasteiger partial charge is 0.118 e. The molecule has 1 saturated heterocycles. The maximum absolute atomic E-state index is 5.88. The molecule has 3 heteroatoms. The molecule has 0 bridgehead atoms. The van der Waals surface area contributed by atoms with Gasteiger partial charge in [0.2, 0.25) is 0 Å². The molecule has 2 N–H and O–H groups in total. The van der Waals surface area contributed by atoms with Gasteiger partial charge in [-0.15, -0.1) is 0 Å². The first-order chi connectivity index (χ1) is 7.85. The molecule has 1 aliphatic heterocycles. The maximum atomic E-state index is 5.88. The molecule has 0 saturated carbocycles. The molecule has 0 aromatic heterocycles. The zero-order valence-electron chi connectivity index (χ0n) is 9.86. The average Bonchev–Trinajstić information content (AvgIpc) is 2.85. The van der Waals surface area contributed by atoms with Gasteiger partial charge in [-0.3, -0.25) is 4.90 Å². The average molecular weight is 220 g/mol. The lowest BCUT2D eigenvalue weighted by molar-refractivity contribution is 0.251. The summed E-state index contributed by atoms with van der Waals surface area (Å²) in [7, 11) is 1.69. The molecule has 1 aliphatic rings. The summed E-state index contributed by atoms with van der Waals surface area (Å²) in [5.74, 6) is 0.904. The minimum atomic E-state index is 0.369. The van der Waals surface area contributed by atoms with Crippen molar-refractivity contribution in [2.24, 2.45) is 5.73 Å². The highest BCUT2D eigenvalue weighted by Crippen LogP contribution is 2.25. The second kappa shape index (κ2) is 5.32. The fourth-order valence-corrected chi connectivity index (χ4v) is 2.38. The summed E-state index contributed by atoms with van der Waals surface area (Å²) in [4.78, 5) is 2.47. The zero-order chi connectivity index (χ0) is 11.4. The first kappa shape index (κ1) is 11.4. The number of nitrogens with two attached hydrogens (primary N) is 1. The van der Waals surface area contributed by atoms with Gasteiger partial charge in [-0.05, 0) is 43.6 Å². The highest BCUT2D eigenvalue weighted by atomic mass is 16.5. The highest BCUT2D eigenvalue weighted by Gasteiger charge is 2.21. The van der Waals surface area contributed by atoms with Gasteiger partial charge in [0.1, 0.15) is 5.75 Å². The van der Waals surface area contributed by atoms with E-state index in [2.05, 4.69) is 17.0 Å². The van der Waals surface area contributed by atoms with E-state index in [0.717, 1.165) is 5.75 Å². The van der Waals surface area contributed by atoms with Gasteiger partial charge in [-0.2, -0.15) is 0 Å². The largest absolute Gasteiger partial charge is 0.497 e. The number of hydrogen-bond acceptors (Lipinski definition) is 3. The third-order valence-corrected chi connectivity index (χ3v) is 3.31. The van der Waals surface area contributed by atoms with Crippen LogP contribution in [0.25, 0.3) is 0 Å². The molecular weight excluding hydrogens is 200 g/mol. The maximum Gasteiger partial charge on any atom is 0.118 e. The van der Waals surface area contributed by atoms with Gasteiger partial charge < -0.3 is 10.5 Å². The monoisotopic (exact) mass is 220 g/mol. The quantitative estimate of drug-likeness (QED) is 0.840. The molecular formula is C13H20N2O. The first-order valence-corrected chi connectivity index (χ1v) is 5.93. The van der Waals surface area contributed by atoms with Crippen LogP contribution in [0.4, 0.5) is 0 Å². The second-order valence-corrected chi connectivity index (χ2v) is 4.27. The Morgan fingerprint density at radius 2 is 1.88 bits per heavy atom. The fraction of sp³-hybridized carbons (Fsp3) is 0.538. The number of likely N-dealkylation sites (tertiary alicyclic amines) is 1. The van der Waals surface area contributed by atoms with Crippen LogP contribution in [0.15, 0.2) is 24.3 Å². The summed E-state index contributed by atoms with van der Waals surface area (Å²) in [5, 5.41) is 0. The Morgan fingerprint density at radius 1 is 1.25 bits per heavy atom. The molecule has 1 fully saturated rings. The van der Waals surface area contributed by atoms with Crippen molar-refractivity contribution < 1.29 is 4.74 Å². The number of rotatable bonds is 4. The Hall–Kier alpha value is -1.06. The minimum Gasteiger partial charge on any atom is -0.497 e.